The molecule has 106 valence electrons. The van der Waals surface area contributed by atoms with Gasteiger partial charge in [0.1, 0.15) is 21.9 Å². The Kier molecular flexibility index (Phi) is 3.40. The Balaban J connectivity index is 2.02. The van der Waals surface area contributed by atoms with Gasteiger partial charge in [-0.25, -0.2) is 19.9 Å². The lowest BCUT2D eigenvalue weighted by atomic mass is 10.2. The van der Waals surface area contributed by atoms with Crippen molar-refractivity contribution in [3.05, 3.63) is 36.0 Å². The first-order valence-electron chi connectivity index (χ1n) is 5.96. The summed E-state index contributed by atoms with van der Waals surface area (Å²) in [6.45, 7) is 1.84. The third-order valence-corrected chi connectivity index (χ3v) is 3.64. The van der Waals surface area contributed by atoms with Crippen molar-refractivity contribution in [1.82, 2.24) is 24.9 Å². The predicted octanol–water partition coefficient (Wildman–Crippen LogP) is 1.30. The number of nitrogens with two attached hydrogens (primary N) is 1. The molecule has 0 spiro atoms. The zero-order chi connectivity index (χ0) is 14.8. The molecular formula is C12H11N7OS. The molecule has 0 atom stereocenters. The Morgan fingerprint density at radius 3 is 3.00 bits per heavy atom. The van der Waals surface area contributed by atoms with Crippen LogP contribution in [0.15, 0.2) is 40.0 Å². The molecule has 0 unspecified atom stereocenters. The molecule has 21 heavy (non-hydrogen) atoms. The molecule has 3 aromatic rings. The van der Waals surface area contributed by atoms with Crippen LogP contribution in [-0.2, 0) is 0 Å². The molecule has 9 heteroatoms. The van der Waals surface area contributed by atoms with Crippen LogP contribution < -0.4 is 5.73 Å². The van der Waals surface area contributed by atoms with E-state index in [2.05, 4.69) is 30.1 Å². The highest BCUT2D eigenvalue weighted by molar-refractivity contribution is 7.99. The molecule has 0 saturated carbocycles. The molecule has 0 radical (unpaired) electrons. The normalized spacial score (nSPS) is 12.0. The number of aromatic amines is 1. The molecule has 8 nitrogen and oxygen atoms in total. The summed E-state index contributed by atoms with van der Waals surface area (Å²) in [4.78, 5) is 19.8. The highest BCUT2D eigenvalue weighted by atomic mass is 32.2. The lowest BCUT2D eigenvalue weighted by Gasteiger charge is -2.05. The lowest BCUT2D eigenvalue weighted by molar-refractivity contribution is 0.318. The van der Waals surface area contributed by atoms with Crippen LogP contribution in [0.3, 0.4) is 0 Å². The smallest absolute Gasteiger partial charge is 0.181 e. The first kappa shape index (κ1) is 13.3. The van der Waals surface area contributed by atoms with E-state index >= 15 is 0 Å². The molecule has 0 bridgehead atoms. The van der Waals surface area contributed by atoms with Gasteiger partial charge in [-0.3, -0.25) is 0 Å². The quantitative estimate of drug-likeness (QED) is 0.219. The number of hydrogen-bond donors (Lipinski definition) is 3. The number of rotatable bonds is 3. The van der Waals surface area contributed by atoms with Crippen LogP contribution in [0.4, 0.5) is 0 Å². The molecule has 3 heterocycles. The van der Waals surface area contributed by atoms with E-state index in [9.17, 15) is 0 Å². The maximum Gasteiger partial charge on any atom is 0.181 e. The van der Waals surface area contributed by atoms with Crippen molar-refractivity contribution >= 4 is 28.8 Å². The van der Waals surface area contributed by atoms with E-state index in [4.69, 9.17) is 10.9 Å². The van der Waals surface area contributed by atoms with Gasteiger partial charge in [0.2, 0.25) is 0 Å². The van der Waals surface area contributed by atoms with Gasteiger partial charge in [-0.1, -0.05) is 5.16 Å². The van der Waals surface area contributed by atoms with Gasteiger partial charge in [0.15, 0.2) is 11.5 Å². The van der Waals surface area contributed by atoms with Gasteiger partial charge < -0.3 is 15.9 Å². The Morgan fingerprint density at radius 2 is 2.19 bits per heavy atom. The summed E-state index contributed by atoms with van der Waals surface area (Å²) in [6, 6.07) is 3.47. The summed E-state index contributed by atoms with van der Waals surface area (Å²) in [5.41, 5.74) is 8.32. The maximum absolute atomic E-state index is 8.78. The van der Waals surface area contributed by atoms with E-state index < -0.39 is 0 Å². The monoisotopic (exact) mass is 301 g/mol. The van der Waals surface area contributed by atoms with E-state index in [0.717, 1.165) is 11.2 Å². The number of aryl methyl sites for hydroxylation is 1. The number of nitrogens with one attached hydrogen (secondary N) is 1. The standard InChI is InChI=1S/C12H11N7OS/c1-6-2-7(10(13)19-20)3-8(18-6)21-12-9-11(15-4-14-9)16-5-17-12/h2-5,20H,1H3,(H2,13,19)(H,14,15,16,17). The number of nitrogens with zero attached hydrogens (tertiary/aromatic N) is 5. The number of hydrogen-bond acceptors (Lipinski definition) is 7. The van der Waals surface area contributed by atoms with Crippen LogP contribution in [0, 0.1) is 6.92 Å². The second kappa shape index (κ2) is 5.37. The minimum atomic E-state index is 0.0386. The van der Waals surface area contributed by atoms with E-state index in [0.29, 0.717) is 21.3 Å². The van der Waals surface area contributed by atoms with Gasteiger partial charge >= 0.3 is 0 Å². The van der Waals surface area contributed by atoms with Gasteiger partial charge in [0.25, 0.3) is 0 Å². The Labute approximate surface area is 123 Å². The fraction of sp³-hybridized carbons (Fsp3) is 0.0833. The summed E-state index contributed by atoms with van der Waals surface area (Å²) < 4.78 is 0. The van der Waals surface area contributed by atoms with Gasteiger partial charge in [0.05, 0.1) is 6.33 Å². The molecule has 0 amide bonds. The number of aromatic nitrogens is 5. The second-order valence-corrected chi connectivity index (χ2v) is 5.21. The number of H-pyrrole nitrogens is 1. The van der Waals surface area contributed by atoms with Crippen LogP contribution >= 0.6 is 11.8 Å². The number of imidazole rings is 1. The number of oxime groups is 1. The van der Waals surface area contributed by atoms with Crippen LogP contribution in [0.2, 0.25) is 0 Å². The topological polar surface area (TPSA) is 126 Å². The van der Waals surface area contributed by atoms with Crippen molar-refractivity contribution < 1.29 is 5.21 Å². The SMILES string of the molecule is Cc1cc(/C(N)=N/O)cc(Sc2ncnc3nc[nH]c23)n1. The summed E-state index contributed by atoms with van der Waals surface area (Å²) in [5, 5.41) is 13.2. The van der Waals surface area contributed by atoms with Crippen molar-refractivity contribution in [3.63, 3.8) is 0 Å². The molecular weight excluding hydrogens is 290 g/mol. The van der Waals surface area contributed by atoms with E-state index in [1.807, 2.05) is 6.92 Å². The maximum atomic E-state index is 8.78. The van der Waals surface area contributed by atoms with E-state index in [1.54, 1.807) is 18.5 Å². The van der Waals surface area contributed by atoms with Crippen LogP contribution in [0.25, 0.3) is 11.2 Å². The summed E-state index contributed by atoms with van der Waals surface area (Å²) >= 11 is 1.35. The summed E-state index contributed by atoms with van der Waals surface area (Å²) in [7, 11) is 0. The van der Waals surface area contributed by atoms with Crippen molar-refractivity contribution in [3.8, 4) is 0 Å². The lowest BCUT2D eigenvalue weighted by Crippen LogP contribution is -2.13. The van der Waals surface area contributed by atoms with Gasteiger partial charge in [-0.05, 0) is 30.8 Å². The Hall–Kier alpha value is -2.68. The summed E-state index contributed by atoms with van der Waals surface area (Å²) in [6.07, 6.45) is 3.01. The summed E-state index contributed by atoms with van der Waals surface area (Å²) in [5.74, 6) is 0.0386. The zero-order valence-electron chi connectivity index (χ0n) is 11.0. The molecule has 0 aromatic carbocycles. The third-order valence-electron chi connectivity index (χ3n) is 2.72. The predicted molar refractivity (Wildman–Crippen MR) is 77.3 cm³/mol. The Bertz CT molecular complexity index is 829. The molecule has 3 aromatic heterocycles. The molecule has 4 N–H and O–H groups in total. The average Bonchev–Trinajstić information content (AvgIpc) is 2.95. The highest BCUT2D eigenvalue weighted by Crippen LogP contribution is 2.29. The molecule has 0 saturated heterocycles. The van der Waals surface area contributed by atoms with E-state index in [-0.39, 0.29) is 5.84 Å². The van der Waals surface area contributed by atoms with Crippen molar-refractivity contribution in [2.45, 2.75) is 17.0 Å². The number of pyridine rings is 1. The van der Waals surface area contributed by atoms with Crippen molar-refractivity contribution in [2.75, 3.05) is 0 Å². The minimum absolute atomic E-state index is 0.0386. The van der Waals surface area contributed by atoms with E-state index in [1.165, 1.54) is 18.1 Å². The molecule has 0 aliphatic carbocycles. The van der Waals surface area contributed by atoms with Crippen molar-refractivity contribution in [2.24, 2.45) is 10.9 Å². The minimum Gasteiger partial charge on any atom is -0.409 e. The third kappa shape index (κ3) is 2.63. The second-order valence-electron chi connectivity index (χ2n) is 4.20. The van der Waals surface area contributed by atoms with Crippen molar-refractivity contribution in [1.29, 1.82) is 0 Å². The van der Waals surface area contributed by atoms with Gasteiger partial charge in [-0.2, -0.15) is 0 Å². The molecule has 0 fully saturated rings. The number of amidine groups is 1. The van der Waals surface area contributed by atoms with Crippen LogP contribution in [0.5, 0.6) is 0 Å². The first-order valence-corrected chi connectivity index (χ1v) is 6.77. The van der Waals surface area contributed by atoms with Crippen LogP contribution in [-0.4, -0.2) is 36.0 Å². The molecule has 0 aliphatic heterocycles. The first-order chi connectivity index (χ1) is 10.2. The fourth-order valence-corrected chi connectivity index (χ4v) is 2.74. The molecule has 3 rings (SSSR count). The average molecular weight is 301 g/mol. The number of fused-ring (bicyclic) bond motifs is 1. The fourth-order valence-electron chi connectivity index (χ4n) is 1.82. The van der Waals surface area contributed by atoms with Crippen LogP contribution in [0.1, 0.15) is 11.3 Å². The largest absolute Gasteiger partial charge is 0.409 e. The molecule has 0 aliphatic rings. The zero-order valence-corrected chi connectivity index (χ0v) is 11.8. The van der Waals surface area contributed by atoms with Gasteiger partial charge in [0, 0.05) is 11.3 Å². The van der Waals surface area contributed by atoms with Gasteiger partial charge in [-0.15, -0.1) is 0 Å². The highest BCUT2D eigenvalue weighted by Gasteiger charge is 2.11. The Morgan fingerprint density at radius 1 is 1.33 bits per heavy atom.